The first kappa shape index (κ1) is 61.0. The van der Waals surface area contributed by atoms with Gasteiger partial charge in [-0.3, -0.25) is 9.11 Å². The van der Waals surface area contributed by atoms with Gasteiger partial charge in [-0.2, -0.15) is 51.1 Å². The van der Waals surface area contributed by atoms with E-state index >= 15 is 0 Å². The molecule has 4 aromatic carbocycles. The molecule has 30 heteroatoms. The lowest BCUT2D eigenvalue weighted by Crippen LogP contribution is -2.22. The molecule has 1 saturated carbocycles. The normalized spacial score (nSPS) is 13.0. The molecule has 3 aromatic heterocycles. The van der Waals surface area contributed by atoms with E-state index in [0.29, 0.717) is 65.6 Å². The summed E-state index contributed by atoms with van der Waals surface area (Å²) in [5, 5.41) is 46.8. The highest BCUT2D eigenvalue weighted by Crippen LogP contribution is 2.45. The van der Waals surface area contributed by atoms with E-state index in [1.54, 1.807) is 12.1 Å². The zero-order valence-corrected chi connectivity index (χ0v) is 50.3. The fourth-order valence-electron chi connectivity index (χ4n) is 9.07. The van der Waals surface area contributed by atoms with Crippen LogP contribution in [-0.2, 0) is 20.2 Å². The molecule has 8 rings (SSSR count). The van der Waals surface area contributed by atoms with Crippen LogP contribution in [0, 0.1) is 22.7 Å². The molecule has 1 fully saturated rings. The number of nitriles is 2. The summed E-state index contributed by atoms with van der Waals surface area (Å²) in [4.78, 5) is 18.0. The van der Waals surface area contributed by atoms with Crippen LogP contribution in [0.5, 0.6) is 23.0 Å². The summed E-state index contributed by atoms with van der Waals surface area (Å²) in [5.41, 5.74) is 3.36. The monoisotopic (exact) mass is 1220 g/mol. The molecule has 0 unspecified atom stereocenters. The van der Waals surface area contributed by atoms with Gasteiger partial charge in [0, 0.05) is 54.7 Å². The van der Waals surface area contributed by atoms with Gasteiger partial charge in [0.2, 0.25) is 11.9 Å². The number of methoxy groups -OCH3 is 4. The Hall–Kier alpha value is -8.10. The van der Waals surface area contributed by atoms with Crippen molar-refractivity contribution in [1.82, 2.24) is 23.7 Å². The molecule has 83 heavy (non-hydrogen) atoms. The van der Waals surface area contributed by atoms with Crippen LogP contribution < -0.4 is 39.4 Å². The lowest BCUT2D eigenvalue weighted by molar-refractivity contribution is 0.397. The number of azo groups is 2. The Bertz CT molecular complexity index is 3670. The van der Waals surface area contributed by atoms with Crippen molar-refractivity contribution in [3.05, 3.63) is 71.8 Å². The molecule has 0 atom stereocenters. The average molecular weight is 1220 g/mol. The van der Waals surface area contributed by atoms with Gasteiger partial charge in [-0.05, 0) is 112 Å². The molecule has 434 valence electrons. The number of hydrogen-bond donors (Lipinski definition) is 4. The Morgan fingerprint density at radius 2 is 1.01 bits per heavy atom. The topological polar surface area (TPSA) is 338 Å². The van der Waals surface area contributed by atoms with Gasteiger partial charge >= 0.3 is 0 Å². The Labute approximate surface area is 492 Å². The molecule has 25 nitrogen and oxygen atoms in total. The Balaban J connectivity index is 1.23. The van der Waals surface area contributed by atoms with Crippen LogP contribution in [0.1, 0.15) is 70.9 Å². The Kier molecular flexibility index (Phi) is 19.7. The summed E-state index contributed by atoms with van der Waals surface area (Å²) in [7, 11) is -3.83. The number of thioether (sulfide) groups is 1. The standard InChI is InChI=1S/C53H57N15O10S5/c1-9-67(10-2)39-24-35(37(26-43(39)77-7)61-63-49-33(28-54)47(65-80-49)30-18-20-41(75-5)45(22-30)82(69,70)71)56-51-58-52(60-53(59-51)79-32-16-14-13-15-17-32)57-36-25-40(68(11-3)12-4)44(78-8)27-38(36)62-64-50-34(29-55)48(66-81-50)31-19-21-42(76-6)46(23-31)83(72,73)74/h18-27,32H,9-17H2,1-8H3,(H,69,70,71)(H,72,73,74)(H2,56,57,58,59,60). The molecule has 1 aliphatic carbocycles. The first-order valence-corrected chi connectivity index (χ1v) is 31.1. The van der Waals surface area contributed by atoms with Crippen molar-refractivity contribution in [2.24, 2.45) is 20.5 Å². The lowest BCUT2D eigenvalue weighted by Gasteiger charge is -2.25. The fourth-order valence-corrected chi connectivity index (χ4v) is 12.9. The van der Waals surface area contributed by atoms with Crippen molar-refractivity contribution >= 4 is 111 Å². The van der Waals surface area contributed by atoms with Crippen molar-refractivity contribution in [2.75, 3.05) is 75.1 Å². The molecular weight excluding hydrogens is 1170 g/mol. The molecule has 0 amide bonds. The second kappa shape index (κ2) is 26.9. The predicted molar refractivity (Wildman–Crippen MR) is 318 cm³/mol. The van der Waals surface area contributed by atoms with E-state index in [0.717, 1.165) is 67.3 Å². The van der Waals surface area contributed by atoms with E-state index < -0.39 is 30.0 Å². The maximum absolute atomic E-state index is 12.3. The highest BCUT2D eigenvalue weighted by atomic mass is 32.2. The van der Waals surface area contributed by atoms with Gasteiger partial charge in [0.25, 0.3) is 20.2 Å². The first-order valence-electron chi connectivity index (χ1n) is 25.8. The zero-order valence-electron chi connectivity index (χ0n) is 46.2. The second-order valence-corrected chi connectivity index (χ2v) is 23.6. The minimum Gasteiger partial charge on any atom is -0.495 e. The summed E-state index contributed by atoms with van der Waals surface area (Å²) in [5.74, 6) is 0.975. The van der Waals surface area contributed by atoms with Gasteiger partial charge in [-0.15, -0.1) is 20.5 Å². The number of benzene rings is 4. The van der Waals surface area contributed by atoms with Crippen LogP contribution in [0.2, 0.25) is 0 Å². The molecule has 1 aliphatic rings. The van der Waals surface area contributed by atoms with Crippen LogP contribution in [0.4, 0.5) is 56.0 Å². The number of anilines is 6. The van der Waals surface area contributed by atoms with Crippen molar-refractivity contribution in [1.29, 1.82) is 10.5 Å². The number of nitrogens with zero attached hydrogens (tertiary/aromatic N) is 13. The van der Waals surface area contributed by atoms with Crippen LogP contribution in [0.3, 0.4) is 0 Å². The molecule has 0 spiro atoms. The molecule has 3 heterocycles. The number of nitrogens with one attached hydrogen (secondary N) is 2. The van der Waals surface area contributed by atoms with Crippen molar-refractivity contribution in [2.45, 2.75) is 80.0 Å². The quantitative estimate of drug-likeness (QED) is 0.0322. The summed E-state index contributed by atoms with van der Waals surface area (Å²) >= 11 is 3.25. The number of hydrogen-bond acceptors (Lipinski definition) is 26. The number of aromatic nitrogens is 5. The van der Waals surface area contributed by atoms with Gasteiger partial charge in [0.15, 0.2) is 15.2 Å². The van der Waals surface area contributed by atoms with E-state index in [1.807, 2.05) is 39.8 Å². The Morgan fingerprint density at radius 3 is 1.37 bits per heavy atom. The van der Waals surface area contributed by atoms with Crippen molar-refractivity contribution < 1.29 is 44.9 Å². The molecule has 0 aliphatic heterocycles. The maximum atomic E-state index is 12.3. The molecule has 0 radical (unpaired) electrons. The SMILES string of the molecule is CCN(CC)c1cc(Nc2nc(Nc3cc(N(CC)CC)c(OC)cc3N=Nc3snc(-c4ccc(OC)c(S(=O)(=O)O)c4)c3C#N)nc(SC3CCCCC3)n2)c(N=Nc2snc(-c3ccc(OC)c(S(=O)(=O)O)c3)c2C#N)cc1OC. The summed E-state index contributed by atoms with van der Waals surface area (Å²) in [6, 6.07) is 19.3. The highest BCUT2D eigenvalue weighted by molar-refractivity contribution is 7.99. The Morgan fingerprint density at radius 1 is 0.602 bits per heavy atom. The minimum absolute atomic E-state index is 0.00155. The summed E-state index contributed by atoms with van der Waals surface area (Å²) in [6.45, 7) is 10.5. The van der Waals surface area contributed by atoms with Crippen LogP contribution in [-0.4, -0.2) is 110 Å². The molecule has 7 aromatic rings. The third kappa shape index (κ3) is 13.9. The smallest absolute Gasteiger partial charge is 0.298 e. The number of ether oxygens (including phenoxy) is 4. The van der Waals surface area contributed by atoms with Crippen LogP contribution in [0.15, 0.2) is 96.1 Å². The second-order valence-electron chi connectivity index (χ2n) is 18.0. The maximum Gasteiger partial charge on any atom is 0.298 e. The van der Waals surface area contributed by atoms with Gasteiger partial charge in [0.05, 0.1) is 51.2 Å². The van der Waals surface area contributed by atoms with Crippen LogP contribution in [0.25, 0.3) is 22.5 Å². The van der Waals surface area contributed by atoms with Crippen molar-refractivity contribution in [3.63, 3.8) is 0 Å². The molecular formula is C53H57N15O10S5. The molecule has 0 bridgehead atoms. The third-order valence-electron chi connectivity index (χ3n) is 13.2. The summed E-state index contributed by atoms with van der Waals surface area (Å²) in [6.07, 6.45) is 5.17. The molecule has 0 saturated heterocycles. The lowest BCUT2D eigenvalue weighted by atomic mass is 10.0. The van der Waals surface area contributed by atoms with Gasteiger partial charge in [-0.25, -0.2) is 0 Å². The van der Waals surface area contributed by atoms with Gasteiger partial charge in [-0.1, -0.05) is 31.0 Å². The molecule has 4 N–H and O–H groups in total. The third-order valence-corrected chi connectivity index (χ3v) is 17.6. The largest absolute Gasteiger partial charge is 0.495 e. The minimum atomic E-state index is -4.71. The van der Waals surface area contributed by atoms with E-state index in [-0.39, 0.29) is 83.7 Å². The van der Waals surface area contributed by atoms with Crippen molar-refractivity contribution in [3.8, 4) is 57.7 Å². The first-order chi connectivity index (χ1) is 39.9. The van der Waals surface area contributed by atoms with Crippen LogP contribution >= 0.6 is 34.8 Å². The fraction of sp³-hybridized carbons (Fsp3) is 0.340. The van der Waals surface area contributed by atoms with Gasteiger partial charge in [0.1, 0.15) is 78.8 Å². The van der Waals surface area contributed by atoms with E-state index in [1.165, 1.54) is 64.5 Å². The highest BCUT2D eigenvalue weighted by Gasteiger charge is 2.26. The van der Waals surface area contributed by atoms with E-state index in [9.17, 15) is 36.5 Å². The average Bonchev–Trinajstić information content (AvgIpc) is 4.22. The number of rotatable bonds is 24. The van der Waals surface area contributed by atoms with E-state index in [2.05, 4.69) is 61.8 Å². The van der Waals surface area contributed by atoms with Gasteiger partial charge < -0.3 is 39.4 Å². The zero-order chi connectivity index (χ0) is 59.6. The predicted octanol–water partition coefficient (Wildman–Crippen LogP) is 12.8. The summed E-state index contributed by atoms with van der Waals surface area (Å²) < 4.78 is 100.0. The van der Waals surface area contributed by atoms with E-state index in [4.69, 9.17) is 33.9 Å².